The number of nitrogens with zero attached hydrogens (tertiary/aromatic N) is 3. The molecule has 0 aliphatic rings. The van der Waals surface area contributed by atoms with E-state index in [9.17, 15) is 14.7 Å². The van der Waals surface area contributed by atoms with Crippen molar-refractivity contribution in [3.8, 4) is 11.5 Å². The number of rotatable bonds is 17. The fraction of sp³-hybridized carbons (Fsp3) is 0.440. The van der Waals surface area contributed by atoms with Gasteiger partial charge in [-0.3, -0.25) is 9.59 Å². The summed E-state index contributed by atoms with van der Waals surface area (Å²) in [5, 5.41) is 18.4. The number of nitrogens with one attached hydrogen (secondary N) is 2. The molecule has 1 atom stereocenters. The third-order valence-corrected chi connectivity index (χ3v) is 4.93. The van der Waals surface area contributed by atoms with Gasteiger partial charge in [0, 0.05) is 23.6 Å². The van der Waals surface area contributed by atoms with Gasteiger partial charge in [0.1, 0.15) is 24.7 Å². The molecule has 0 radical (unpaired) electrons. The van der Waals surface area contributed by atoms with Gasteiger partial charge in [-0.05, 0) is 54.3 Å². The van der Waals surface area contributed by atoms with Crippen LogP contribution in [0.25, 0.3) is 10.4 Å². The van der Waals surface area contributed by atoms with Crippen molar-refractivity contribution in [3.05, 3.63) is 70.1 Å². The lowest BCUT2D eigenvalue weighted by molar-refractivity contribution is -0.126. The third kappa shape index (κ3) is 11.6. The van der Waals surface area contributed by atoms with Crippen LogP contribution in [0.1, 0.15) is 35.7 Å². The highest BCUT2D eigenvalue weighted by molar-refractivity contribution is 5.94. The summed E-state index contributed by atoms with van der Waals surface area (Å²) in [6.07, 6.45) is 1.63. The highest BCUT2D eigenvalue weighted by atomic mass is 16.6. The Kier molecular flexibility index (Phi) is 13.3. The number of phenolic OH excluding ortho intramolecular Hbond substituents is 1. The van der Waals surface area contributed by atoms with E-state index in [1.54, 1.807) is 48.5 Å². The maximum Gasteiger partial charge on any atom is 0.251 e. The molecule has 0 bridgehead atoms. The quantitative estimate of drug-likeness (QED) is 0.131. The molecule has 2 aromatic carbocycles. The Balaban J connectivity index is 1.64. The number of amides is 2. The van der Waals surface area contributed by atoms with E-state index in [-0.39, 0.29) is 44.0 Å². The molecule has 0 heterocycles. The standard InChI is InChI=1S/C25H33N5O6/c1-2-3-12-28-25(33)20-5-4-6-22(16-20)36-18-24(29-30-26)35-15-14-34-17-23(32)27-13-11-19-7-9-21(31)10-8-19/h4-10,16,24,31H,2-3,11-15,17-18H2,1H3,(H,27,32)(H,28,33). The van der Waals surface area contributed by atoms with Gasteiger partial charge in [-0.2, -0.15) is 0 Å². The van der Waals surface area contributed by atoms with Crippen LogP contribution in [0.4, 0.5) is 0 Å². The summed E-state index contributed by atoms with van der Waals surface area (Å²) in [5.41, 5.74) is 10.2. The minimum absolute atomic E-state index is 0.0529. The summed E-state index contributed by atoms with van der Waals surface area (Å²) in [6, 6.07) is 13.5. The normalized spacial score (nSPS) is 11.2. The zero-order valence-corrected chi connectivity index (χ0v) is 20.4. The summed E-state index contributed by atoms with van der Waals surface area (Å²) in [5.74, 6) is 0.199. The summed E-state index contributed by atoms with van der Waals surface area (Å²) in [4.78, 5) is 26.8. The Morgan fingerprint density at radius 2 is 1.92 bits per heavy atom. The zero-order chi connectivity index (χ0) is 26.0. The molecule has 0 aliphatic heterocycles. The van der Waals surface area contributed by atoms with E-state index in [1.807, 2.05) is 0 Å². The minimum Gasteiger partial charge on any atom is -0.508 e. The zero-order valence-electron chi connectivity index (χ0n) is 20.4. The predicted molar refractivity (Wildman–Crippen MR) is 134 cm³/mol. The molecule has 0 saturated heterocycles. The lowest BCUT2D eigenvalue weighted by atomic mass is 10.1. The van der Waals surface area contributed by atoms with Gasteiger partial charge in [-0.25, -0.2) is 0 Å². The first-order valence-electron chi connectivity index (χ1n) is 11.8. The van der Waals surface area contributed by atoms with Crippen molar-refractivity contribution in [1.29, 1.82) is 0 Å². The highest BCUT2D eigenvalue weighted by Crippen LogP contribution is 2.14. The number of aromatic hydroxyl groups is 1. The molecule has 11 heteroatoms. The molecule has 1 unspecified atom stereocenters. The third-order valence-electron chi connectivity index (χ3n) is 4.93. The van der Waals surface area contributed by atoms with Crippen LogP contribution in [0.15, 0.2) is 53.6 Å². The van der Waals surface area contributed by atoms with Crippen molar-refractivity contribution in [3.63, 3.8) is 0 Å². The maximum absolute atomic E-state index is 12.2. The molecule has 3 N–H and O–H groups in total. The number of phenols is 1. The second-order valence-corrected chi connectivity index (χ2v) is 7.80. The molecular formula is C25H33N5O6. The predicted octanol–water partition coefficient (Wildman–Crippen LogP) is 3.33. The number of carbonyl (C=O) groups excluding carboxylic acids is 2. The second-order valence-electron chi connectivity index (χ2n) is 7.80. The molecule has 0 saturated carbocycles. The Labute approximate surface area is 210 Å². The van der Waals surface area contributed by atoms with E-state index >= 15 is 0 Å². The average molecular weight is 500 g/mol. The molecule has 11 nitrogen and oxygen atoms in total. The Hall–Kier alpha value is -3.79. The van der Waals surface area contributed by atoms with Crippen molar-refractivity contribution in [2.75, 3.05) is 39.5 Å². The smallest absolute Gasteiger partial charge is 0.251 e. The number of carbonyl (C=O) groups is 2. The maximum atomic E-state index is 12.2. The van der Waals surface area contributed by atoms with Crippen molar-refractivity contribution in [1.82, 2.24) is 10.6 Å². The van der Waals surface area contributed by atoms with Crippen molar-refractivity contribution >= 4 is 11.8 Å². The van der Waals surface area contributed by atoms with Gasteiger partial charge in [0.05, 0.1) is 13.2 Å². The summed E-state index contributed by atoms with van der Waals surface area (Å²) < 4.78 is 16.4. The first kappa shape index (κ1) is 28.4. The van der Waals surface area contributed by atoms with Gasteiger partial charge in [-0.15, -0.1) is 0 Å². The van der Waals surface area contributed by atoms with Gasteiger partial charge < -0.3 is 30.0 Å². The summed E-state index contributed by atoms with van der Waals surface area (Å²) in [7, 11) is 0. The number of ether oxygens (including phenoxy) is 3. The molecule has 0 spiro atoms. The number of azide groups is 1. The van der Waals surface area contributed by atoms with Gasteiger partial charge in [0.15, 0.2) is 6.23 Å². The van der Waals surface area contributed by atoms with E-state index in [4.69, 9.17) is 19.7 Å². The number of hydrogen-bond acceptors (Lipinski definition) is 7. The van der Waals surface area contributed by atoms with Gasteiger partial charge in [0.2, 0.25) is 5.91 Å². The van der Waals surface area contributed by atoms with Crippen LogP contribution in [0, 0.1) is 0 Å². The Bertz CT molecular complexity index is 995. The van der Waals surface area contributed by atoms with E-state index in [2.05, 4.69) is 27.6 Å². The Morgan fingerprint density at radius 3 is 2.67 bits per heavy atom. The monoisotopic (exact) mass is 499 g/mol. The number of benzene rings is 2. The van der Waals surface area contributed by atoms with Crippen LogP contribution < -0.4 is 15.4 Å². The van der Waals surface area contributed by atoms with Gasteiger partial charge >= 0.3 is 0 Å². The van der Waals surface area contributed by atoms with Crippen LogP contribution in [-0.4, -0.2) is 62.7 Å². The molecule has 2 aromatic rings. The second kappa shape index (κ2) is 16.8. The van der Waals surface area contributed by atoms with Crippen LogP contribution >= 0.6 is 0 Å². The summed E-state index contributed by atoms with van der Waals surface area (Å²) >= 11 is 0. The van der Waals surface area contributed by atoms with E-state index < -0.39 is 6.23 Å². The highest BCUT2D eigenvalue weighted by Gasteiger charge is 2.11. The van der Waals surface area contributed by atoms with Gasteiger partial charge in [-0.1, -0.05) is 36.7 Å². The minimum atomic E-state index is -0.903. The van der Waals surface area contributed by atoms with E-state index in [1.165, 1.54) is 0 Å². The number of unbranched alkanes of at least 4 members (excludes halogenated alkanes) is 1. The largest absolute Gasteiger partial charge is 0.508 e. The molecule has 0 aromatic heterocycles. The van der Waals surface area contributed by atoms with Gasteiger partial charge in [0.25, 0.3) is 5.91 Å². The van der Waals surface area contributed by atoms with Crippen LogP contribution in [-0.2, 0) is 20.7 Å². The van der Waals surface area contributed by atoms with Crippen LogP contribution in [0.5, 0.6) is 11.5 Å². The van der Waals surface area contributed by atoms with E-state index in [0.717, 1.165) is 18.4 Å². The van der Waals surface area contributed by atoms with Crippen molar-refractivity contribution in [2.24, 2.45) is 5.11 Å². The summed E-state index contributed by atoms with van der Waals surface area (Å²) in [6.45, 7) is 3.13. The fourth-order valence-corrected chi connectivity index (χ4v) is 3.02. The first-order valence-corrected chi connectivity index (χ1v) is 11.8. The van der Waals surface area contributed by atoms with Crippen molar-refractivity contribution < 1.29 is 28.9 Å². The topological polar surface area (TPSA) is 155 Å². The average Bonchev–Trinajstić information content (AvgIpc) is 2.88. The SMILES string of the molecule is CCCCNC(=O)c1cccc(OCC(N=[N+]=[N-])OCCOCC(=O)NCCc2ccc(O)cc2)c1. The molecule has 0 aliphatic carbocycles. The first-order chi connectivity index (χ1) is 17.5. The van der Waals surface area contributed by atoms with Crippen molar-refractivity contribution in [2.45, 2.75) is 32.4 Å². The molecular weight excluding hydrogens is 466 g/mol. The van der Waals surface area contributed by atoms with Crippen LogP contribution in [0.2, 0.25) is 0 Å². The fourth-order valence-electron chi connectivity index (χ4n) is 3.02. The molecule has 194 valence electrons. The lowest BCUT2D eigenvalue weighted by Gasteiger charge is -2.14. The molecule has 0 fully saturated rings. The lowest BCUT2D eigenvalue weighted by Crippen LogP contribution is -2.30. The molecule has 2 amide bonds. The Morgan fingerprint density at radius 1 is 1.11 bits per heavy atom. The van der Waals surface area contributed by atoms with E-state index in [0.29, 0.717) is 30.8 Å². The molecule has 2 rings (SSSR count). The number of hydrogen-bond donors (Lipinski definition) is 3. The molecule has 36 heavy (non-hydrogen) atoms. The van der Waals surface area contributed by atoms with Crippen LogP contribution in [0.3, 0.4) is 0 Å².